The quantitative estimate of drug-likeness (QED) is 0.489. The van der Waals surface area contributed by atoms with Gasteiger partial charge in [-0.05, 0) is 82.1 Å². The fourth-order valence-electron chi connectivity index (χ4n) is 4.47. The molecule has 1 aliphatic rings. The number of carbonyl (C=O) groups is 1. The maximum Gasteiger partial charge on any atom is 0.307 e. The van der Waals surface area contributed by atoms with Gasteiger partial charge in [-0.15, -0.1) is 0 Å². The number of aliphatic hydroxyl groups is 1. The number of nitrogens with one attached hydrogen (secondary N) is 1. The summed E-state index contributed by atoms with van der Waals surface area (Å²) < 4.78 is 2.35. The van der Waals surface area contributed by atoms with Crippen molar-refractivity contribution in [3.8, 4) is 11.1 Å². The summed E-state index contributed by atoms with van der Waals surface area (Å²) >= 11 is 6.10. The van der Waals surface area contributed by atoms with Gasteiger partial charge in [0.1, 0.15) is 0 Å². The van der Waals surface area contributed by atoms with Gasteiger partial charge in [0.05, 0.1) is 29.9 Å². The summed E-state index contributed by atoms with van der Waals surface area (Å²) in [4.78, 5) is 14.0. The third-order valence-electron chi connectivity index (χ3n) is 5.63. The van der Waals surface area contributed by atoms with Gasteiger partial charge in [-0.3, -0.25) is 4.79 Å². The van der Waals surface area contributed by atoms with Gasteiger partial charge in [-0.25, -0.2) is 0 Å². The summed E-state index contributed by atoms with van der Waals surface area (Å²) in [5.74, 6) is -0.822. The Balaban J connectivity index is 0.000000555. The van der Waals surface area contributed by atoms with Crippen LogP contribution in [0.15, 0.2) is 30.3 Å². The van der Waals surface area contributed by atoms with E-state index in [9.17, 15) is 9.90 Å². The lowest BCUT2D eigenvalue weighted by molar-refractivity contribution is -0.136. The first-order chi connectivity index (χ1) is 15.4. The van der Waals surface area contributed by atoms with Gasteiger partial charge in [0.25, 0.3) is 0 Å². The first-order valence-corrected chi connectivity index (χ1v) is 11.5. The Morgan fingerprint density at radius 2 is 1.76 bits per heavy atom. The highest BCUT2D eigenvalue weighted by molar-refractivity contribution is 6.30. The number of benzene rings is 2. The van der Waals surface area contributed by atoms with E-state index in [1.54, 1.807) is 20.8 Å². The van der Waals surface area contributed by atoms with Crippen LogP contribution in [-0.4, -0.2) is 46.6 Å². The van der Waals surface area contributed by atoms with Gasteiger partial charge in [-0.1, -0.05) is 23.7 Å². The normalized spacial score (nSPS) is 13.2. The van der Waals surface area contributed by atoms with Crippen molar-refractivity contribution in [2.24, 2.45) is 0 Å². The highest BCUT2D eigenvalue weighted by atomic mass is 35.5. The van der Waals surface area contributed by atoms with Crippen LogP contribution in [-0.2, 0) is 17.8 Å². The maximum absolute atomic E-state index is 11.7. The number of carboxylic acids is 1. The van der Waals surface area contributed by atoms with Crippen LogP contribution in [0, 0.1) is 13.8 Å². The molecule has 0 radical (unpaired) electrons. The largest absolute Gasteiger partial charge is 0.481 e. The van der Waals surface area contributed by atoms with Crippen LogP contribution in [0.1, 0.15) is 37.6 Å². The molecule has 7 heteroatoms. The third kappa shape index (κ3) is 5.52. The number of halogens is 1. The van der Waals surface area contributed by atoms with Crippen molar-refractivity contribution >= 4 is 34.2 Å². The molecular weight excluding hydrogens is 438 g/mol. The molecule has 3 aromatic rings. The number of aryl methyl sites for hydroxylation is 1. The molecule has 0 unspecified atom stereocenters. The molecule has 2 heterocycles. The smallest absolute Gasteiger partial charge is 0.307 e. The molecule has 178 valence electrons. The van der Waals surface area contributed by atoms with E-state index >= 15 is 0 Å². The zero-order valence-corrected chi connectivity index (χ0v) is 21.0. The summed E-state index contributed by atoms with van der Waals surface area (Å²) in [7, 11) is 1.94. The number of hydrogen-bond acceptors (Lipinski definition) is 4. The molecule has 0 amide bonds. The molecule has 0 fully saturated rings. The summed E-state index contributed by atoms with van der Waals surface area (Å²) in [6.45, 7) is 11.9. The Morgan fingerprint density at radius 3 is 2.30 bits per heavy atom. The van der Waals surface area contributed by atoms with Crippen molar-refractivity contribution < 1.29 is 15.0 Å². The van der Waals surface area contributed by atoms with Crippen molar-refractivity contribution in [1.29, 1.82) is 0 Å². The van der Waals surface area contributed by atoms with E-state index in [1.807, 2.05) is 38.2 Å². The van der Waals surface area contributed by atoms with Gasteiger partial charge in [0, 0.05) is 29.2 Å². The Hall–Kier alpha value is -2.54. The Morgan fingerprint density at radius 1 is 1.15 bits per heavy atom. The molecule has 0 spiro atoms. The summed E-state index contributed by atoms with van der Waals surface area (Å²) in [6, 6.07) is 9.87. The van der Waals surface area contributed by atoms with Crippen molar-refractivity contribution in [3.05, 3.63) is 52.2 Å². The average Bonchev–Trinajstić information content (AvgIpc) is 3.03. The fourth-order valence-corrected chi connectivity index (χ4v) is 4.59. The SMILES string of the molecule is CC(C)(C)O.CNCN1CCn2c(C)cc3c(-c4ccc(Cl)cc4)c(CC(=O)O)c(C)c1c32. The van der Waals surface area contributed by atoms with Crippen LogP contribution < -0.4 is 10.2 Å². The molecule has 2 aromatic carbocycles. The second kappa shape index (κ2) is 9.75. The van der Waals surface area contributed by atoms with E-state index in [1.165, 1.54) is 11.2 Å². The maximum atomic E-state index is 11.7. The van der Waals surface area contributed by atoms with Crippen molar-refractivity contribution in [1.82, 2.24) is 9.88 Å². The van der Waals surface area contributed by atoms with Gasteiger partial charge in [0.2, 0.25) is 0 Å². The number of hydrogen-bond donors (Lipinski definition) is 3. The van der Waals surface area contributed by atoms with Crippen molar-refractivity contribution in [2.45, 2.75) is 53.2 Å². The van der Waals surface area contributed by atoms with E-state index in [4.69, 9.17) is 16.7 Å². The predicted octanol–water partition coefficient (Wildman–Crippen LogP) is 4.98. The zero-order chi connectivity index (χ0) is 24.5. The topological polar surface area (TPSA) is 77.7 Å². The van der Waals surface area contributed by atoms with Crippen molar-refractivity contribution in [2.75, 3.05) is 25.2 Å². The minimum Gasteiger partial charge on any atom is -0.481 e. The highest BCUT2D eigenvalue weighted by Crippen LogP contribution is 2.44. The Bertz CT molecular complexity index is 1150. The molecule has 0 saturated carbocycles. The Kier molecular flexibility index (Phi) is 7.42. The number of aliphatic carboxylic acids is 1. The van der Waals surface area contributed by atoms with Crippen LogP contribution in [0.25, 0.3) is 22.0 Å². The van der Waals surface area contributed by atoms with E-state index in [0.717, 1.165) is 53.1 Å². The summed E-state index contributed by atoms with van der Waals surface area (Å²) in [5.41, 5.74) is 6.93. The summed E-state index contributed by atoms with van der Waals surface area (Å²) in [6.07, 6.45) is -0.00957. The average molecular weight is 472 g/mol. The van der Waals surface area contributed by atoms with Gasteiger partial charge in [-0.2, -0.15) is 0 Å². The van der Waals surface area contributed by atoms with Gasteiger partial charge in [0.15, 0.2) is 0 Å². The van der Waals surface area contributed by atoms with Crippen LogP contribution in [0.4, 0.5) is 5.69 Å². The second-order valence-corrected chi connectivity index (χ2v) is 9.99. The number of nitrogens with zero attached hydrogens (tertiary/aromatic N) is 2. The van der Waals surface area contributed by atoms with Gasteiger partial charge >= 0.3 is 5.97 Å². The van der Waals surface area contributed by atoms with Crippen LogP contribution in [0.5, 0.6) is 0 Å². The lowest BCUT2D eigenvalue weighted by Gasteiger charge is -2.34. The Labute approximate surface area is 200 Å². The van der Waals surface area contributed by atoms with E-state index in [2.05, 4.69) is 27.8 Å². The number of carboxylic acid groups (broad SMARTS) is 1. The van der Waals surface area contributed by atoms with Crippen LogP contribution in [0.3, 0.4) is 0 Å². The molecule has 6 nitrogen and oxygen atoms in total. The zero-order valence-electron chi connectivity index (χ0n) is 20.3. The molecule has 1 aliphatic heterocycles. The number of aromatic nitrogens is 1. The molecule has 4 rings (SSSR count). The minimum absolute atomic E-state index is 0.00957. The molecule has 0 aliphatic carbocycles. The van der Waals surface area contributed by atoms with Crippen LogP contribution >= 0.6 is 11.6 Å². The summed E-state index contributed by atoms with van der Waals surface area (Å²) in [5, 5.41) is 23.2. The monoisotopic (exact) mass is 471 g/mol. The lowest BCUT2D eigenvalue weighted by Crippen LogP contribution is -2.38. The predicted molar refractivity (Wildman–Crippen MR) is 136 cm³/mol. The second-order valence-electron chi connectivity index (χ2n) is 9.55. The molecule has 0 bridgehead atoms. The van der Waals surface area contributed by atoms with Crippen LogP contribution in [0.2, 0.25) is 5.02 Å². The minimum atomic E-state index is -0.822. The first kappa shape index (κ1) is 25.1. The molecule has 0 atom stereocenters. The number of rotatable bonds is 5. The van der Waals surface area contributed by atoms with E-state index < -0.39 is 11.6 Å². The lowest BCUT2D eigenvalue weighted by atomic mass is 9.88. The molecule has 1 aromatic heterocycles. The molecule has 33 heavy (non-hydrogen) atoms. The van der Waals surface area contributed by atoms with Gasteiger partial charge < -0.3 is 25.0 Å². The fraction of sp³-hybridized carbons (Fsp3) is 0.423. The van der Waals surface area contributed by atoms with Crippen molar-refractivity contribution in [3.63, 3.8) is 0 Å². The third-order valence-corrected chi connectivity index (χ3v) is 5.88. The first-order valence-electron chi connectivity index (χ1n) is 11.2. The molecular formula is C26H34ClN3O3. The van der Waals surface area contributed by atoms with E-state index in [-0.39, 0.29) is 6.42 Å². The number of anilines is 1. The van der Waals surface area contributed by atoms with E-state index in [0.29, 0.717) is 5.02 Å². The highest BCUT2D eigenvalue weighted by Gasteiger charge is 2.28. The standard InChI is InChI=1S/C22H24ClN3O2.C4H10O/c1-13-10-18-20(15-4-6-16(23)7-5-15)17(11-19(27)28)14(2)21-22(18)26(13)9-8-25(21)12-24-3;1-4(2,3)5/h4-7,10,24H,8-9,11-12H2,1-3H3,(H,27,28);5H,1-3H3. The molecule has 3 N–H and O–H groups in total. The molecule has 0 saturated heterocycles.